The first-order valence-corrected chi connectivity index (χ1v) is 14.6. The van der Waals surface area contributed by atoms with E-state index in [9.17, 15) is 0 Å². The summed E-state index contributed by atoms with van der Waals surface area (Å²) >= 11 is 0. The lowest BCUT2D eigenvalue weighted by Crippen LogP contribution is -2.21. The Labute approximate surface area is 195 Å². The van der Waals surface area contributed by atoms with E-state index < -0.39 is 0 Å². The molecule has 0 aliphatic heterocycles. The number of rotatable bonds is 7. The number of hydrogen-bond donors (Lipinski definition) is 0. The standard InChI is InChI=1S/C30H30P2/c1-5-13-26(14-6-1)31(27-15-7-2-8-16-27)24-25-21-22-30(23-25)32(28-17-9-3-10-18-28)29-19-11-4-12-20-29/h1-20,25,30H,21-24H2/t25-,30+/m1/s1. The van der Waals surface area contributed by atoms with E-state index in [1.165, 1.54) is 46.6 Å². The molecule has 1 aliphatic rings. The van der Waals surface area contributed by atoms with Crippen LogP contribution in [0.15, 0.2) is 121 Å². The smallest absolute Gasteiger partial charge is 0.0126 e. The van der Waals surface area contributed by atoms with E-state index >= 15 is 0 Å². The van der Waals surface area contributed by atoms with Gasteiger partial charge in [0.25, 0.3) is 0 Å². The molecule has 1 aliphatic carbocycles. The van der Waals surface area contributed by atoms with Crippen LogP contribution in [0.2, 0.25) is 0 Å². The minimum atomic E-state index is -0.305. The molecule has 0 bridgehead atoms. The highest BCUT2D eigenvalue weighted by Gasteiger charge is 2.34. The Morgan fingerprint density at radius 3 is 1.34 bits per heavy atom. The molecular formula is C30H30P2. The van der Waals surface area contributed by atoms with Crippen LogP contribution >= 0.6 is 15.8 Å². The Morgan fingerprint density at radius 2 is 0.906 bits per heavy atom. The van der Waals surface area contributed by atoms with Gasteiger partial charge in [-0.3, -0.25) is 0 Å². The Kier molecular flexibility index (Phi) is 7.13. The summed E-state index contributed by atoms with van der Waals surface area (Å²) < 4.78 is 0. The lowest BCUT2D eigenvalue weighted by molar-refractivity contribution is 0.622. The second-order valence-electron chi connectivity index (χ2n) is 8.66. The maximum Gasteiger partial charge on any atom is -0.0126 e. The molecule has 160 valence electrons. The summed E-state index contributed by atoms with van der Waals surface area (Å²) in [5, 5.41) is 6.11. The molecule has 0 radical (unpaired) electrons. The summed E-state index contributed by atoms with van der Waals surface area (Å²) in [4.78, 5) is 0. The molecule has 0 heterocycles. The monoisotopic (exact) mass is 452 g/mol. The molecule has 4 aromatic carbocycles. The van der Waals surface area contributed by atoms with Gasteiger partial charge in [0.15, 0.2) is 0 Å². The molecule has 0 amide bonds. The third kappa shape index (κ3) is 5.04. The van der Waals surface area contributed by atoms with Gasteiger partial charge in [0, 0.05) is 0 Å². The zero-order valence-corrected chi connectivity index (χ0v) is 20.2. The van der Waals surface area contributed by atoms with Gasteiger partial charge in [0.1, 0.15) is 0 Å². The van der Waals surface area contributed by atoms with Crippen LogP contribution < -0.4 is 21.2 Å². The highest BCUT2D eigenvalue weighted by Crippen LogP contribution is 2.51. The van der Waals surface area contributed by atoms with Crippen molar-refractivity contribution in [3.63, 3.8) is 0 Å². The van der Waals surface area contributed by atoms with Crippen LogP contribution in [0.1, 0.15) is 19.3 Å². The zero-order chi connectivity index (χ0) is 21.6. The number of hydrogen-bond acceptors (Lipinski definition) is 0. The maximum atomic E-state index is 2.35. The third-order valence-corrected chi connectivity index (χ3v) is 12.2. The van der Waals surface area contributed by atoms with Crippen molar-refractivity contribution >= 4 is 37.1 Å². The highest BCUT2D eigenvalue weighted by molar-refractivity contribution is 7.74. The summed E-state index contributed by atoms with van der Waals surface area (Å²) in [5.41, 5.74) is 0.781. The van der Waals surface area contributed by atoms with E-state index in [-0.39, 0.29) is 15.8 Å². The molecule has 1 saturated carbocycles. The lowest BCUT2D eigenvalue weighted by atomic mass is 10.1. The summed E-state index contributed by atoms with van der Waals surface area (Å²) in [7, 11) is -0.606. The van der Waals surface area contributed by atoms with Crippen molar-refractivity contribution in [2.24, 2.45) is 5.92 Å². The predicted molar refractivity (Wildman–Crippen MR) is 144 cm³/mol. The Hall–Kier alpha value is -2.26. The van der Waals surface area contributed by atoms with Crippen molar-refractivity contribution in [1.29, 1.82) is 0 Å². The molecule has 0 N–H and O–H groups in total. The quantitative estimate of drug-likeness (QED) is 0.284. The first-order chi connectivity index (χ1) is 15.9. The fraction of sp³-hybridized carbons (Fsp3) is 0.200. The molecule has 0 unspecified atom stereocenters. The zero-order valence-electron chi connectivity index (χ0n) is 18.4. The van der Waals surface area contributed by atoms with E-state index in [4.69, 9.17) is 0 Å². The molecule has 2 heteroatoms. The van der Waals surface area contributed by atoms with Crippen LogP contribution in [0.25, 0.3) is 0 Å². The topological polar surface area (TPSA) is 0 Å². The van der Waals surface area contributed by atoms with Crippen molar-refractivity contribution in [3.8, 4) is 0 Å². The first-order valence-electron chi connectivity index (χ1n) is 11.7. The normalized spacial score (nSPS) is 18.3. The summed E-state index contributed by atoms with van der Waals surface area (Å²) in [6.45, 7) is 0. The van der Waals surface area contributed by atoms with E-state index in [2.05, 4.69) is 121 Å². The van der Waals surface area contributed by atoms with Crippen LogP contribution in [0.4, 0.5) is 0 Å². The molecule has 0 spiro atoms. The van der Waals surface area contributed by atoms with Gasteiger partial charge in [-0.15, -0.1) is 0 Å². The fourth-order valence-electron chi connectivity index (χ4n) is 5.03. The van der Waals surface area contributed by atoms with Crippen LogP contribution in [0.5, 0.6) is 0 Å². The Balaban J connectivity index is 1.38. The van der Waals surface area contributed by atoms with Gasteiger partial charge in [-0.25, -0.2) is 0 Å². The van der Waals surface area contributed by atoms with E-state index in [0.717, 1.165) is 11.6 Å². The van der Waals surface area contributed by atoms with E-state index in [1.54, 1.807) is 0 Å². The Bertz CT molecular complexity index is 1000. The summed E-state index contributed by atoms with van der Waals surface area (Å²) in [6, 6.07) is 45.0. The van der Waals surface area contributed by atoms with Crippen molar-refractivity contribution in [3.05, 3.63) is 121 Å². The van der Waals surface area contributed by atoms with Crippen LogP contribution in [0, 0.1) is 5.92 Å². The van der Waals surface area contributed by atoms with Gasteiger partial charge in [-0.1, -0.05) is 121 Å². The maximum absolute atomic E-state index is 2.35. The predicted octanol–water partition coefficient (Wildman–Crippen LogP) is 6.42. The first kappa shape index (κ1) is 21.6. The van der Waals surface area contributed by atoms with Gasteiger partial charge in [0.2, 0.25) is 0 Å². The van der Waals surface area contributed by atoms with Crippen LogP contribution in [0.3, 0.4) is 0 Å². The van der Waals surface area contributed by atoms with Gasteiger partial charge in [-0.05, 0) is 74.1 Å². The van der Waals surface area contributed by atoms with Crippen molar-refractivity contribution in [2.45, 2.75) is 24.9 Å². The average Bonchev–Trinajstić information content (AvgIpc) is 3.33. The third-order valence-electron chi connectivity index (χ3n) is 6.52. The van der Waals surface area contributed by atoms with Crippen LogP contribution in [-0.2, 0) is 0 Å². The molecular weight excluding hydrogens is 422 g/mol. The lowest BCUT2D eigenvalue weighted by Gasteiger charge is -2.26. The molecule has 1 fully saturated rings. The van der Waals surface area contributed by atoms with Gasteiger partial charge in [-0.2, -0.15) is 0 Å². The second kappa shape index (κ2) is 10.6. The van der Waals surface area contributed by atoms with Gasteiger partial charge >= 0.3 is 0 Å². The van der Waals surface area contributed by atoms with Gasteiger partial charge < -0.3 is 0 Å². The summed E-state index contributed by atoms with van der Waals surface area (Å²) in [5.74, 6) is 0.809. The van der Waals surface area contributed by atoms with Crippen LogP contribution in [-0.4, -0.2) is 11.8 Å². The molecule has 0 saturated heterocycles. The van der Waals surface area contributed by atoms with E-state index in [0.29, 0.717) is 0 Å². The largest absolute Gasteiger partial charge is 0.0622 e. The summed E-state index contributed by atoms with van der Waals surface area (Å²) in [6.07, 6.45) is 5.38. The fourth-order valence-corrected chi connectivity index (χ4v) is 10.7. The highest BCUT2D eigenvalue weighted by atomic mass is 31.1. The minimum absolute atomic E-state index is 0.302. The SMILES string of the molecule is c1ccc(P(C[C@@H]2CC[C@H](P(c3ccccc3)c3ccccc3)C2)c2ccccc2)cc1. The van der Waals surface area contributed by atoms with Crippen molar-refractivity contribution < 1.29 is 0 Å². The molecule has 4 aromatic rings. The minimum Gasteiger partial charge on any atom is -0.0622 e. The molecule has 0 aromatic heterocycles. The number of benzene rings is 4. The van der Waals surface area contributed by atoms with Gasteiger partial charge in [0.05, 0.1) is 0 Å². The molecule has 32 heavy (non-hydrogen) atoms. The molecule has 2 atom stereocenters. The van der Waals surface area contributed by atoms with Crippen molar-refractivity contribution in [1.82, 2.24) is 0 Å². The van der Waals surface area contributed by atoms with Crippen molar-refractivity contribution in [2.75, 3.05) is 6.16 Å². The average molecular weight is 453 g/mol. The second-order valence-corrected chi connectivity index (χ2v) is 13.4. The molecule has 0 nitrogen and oxygen atoms in total. The van der Waals surface area contributed by atoms with E-state index in [1.807, 2.05) is 0 Å². The molecule has 5 rings (SSSR count). The Morgan fingerprint density at radius 1 is 0.500 bits per heavy atom.